The molecule has 0 atom stereocenters. The second-order valence-corrected chi connectivity index (χ2v) is 5.33. The van der Waals surface area contributed by atoms with Crippen molar-refractivity contribution in [2.45, 2.75) is 13.1 Å². The number of nitro groups is 1. The molecule has 0 unspecified atom stereocenters. The van der Waals surface area contributed by atoms with Gasteiger partial charge in [-0.2, -0.15) is 0 Å². The maximum absolute atomic E-state index is 13.5. The third kappa shape index (κ3) is 4.30. The summed E-state index contributed by atoms with van der Waals surface area (Å²) in [6.45, 7) is 0.431. The summed E-state index contributed by atoms with van der Waals surface area (Å²) in [6, 6.07) is 7.92. The molecular formula is C14H11BrF2N2O2. The Kier molecular flexibility index (Phi) is 4.98. The van der Waals surface area contributed by atoms with Crippen LogP contribution < -0.4 is 5.32 Å². The second-order valence-electron chi connectivity index (χ2n) is 4.41. The van der Waals surface area contributed by atoms with Gasteiger partial charge in [0.25, 0.3) is 5.69 Å². The molecule has 0 saturated heterocycles. The number of benzene rings is 2. The van der Waals surface area contributed by atoms with Crippen LogP contribution in [0, 0.1) is 21.7 Å². The Morgan fingerprint density at radius 1 is 1.14 bits per heavy atom. The SMILES string of the molecule is O=[N+]([O-])c1cc(F)cc(CNCc2cc(Br)ccc2F)c1. The van der Waals surface area contributed by atoms with Crippen molar-refractivity contribution in [2.75, 3.05) is 0 Å². The fraction of sp³-hybridized carbons (Fsp3) is 0.143. The van der Waals surface area contributed by atoms with Crippen molar-refractivity contribution in [1.82, 2.24) is 5.32 Å². The Labute approximate surface area is 128 Å². The minimum atomic E-state index is -0.672. The Hall–Kier alpha value is -1.86. The first-order chi connectivity index (χ1) is 9.95. The summed E-state index contributed by atoms with van der Waals surface area (Å²) in [5.41, 5.74) is 0.577. The Morgan fingerprint density at radius 2 is 1.90 bits per heavy atom. The van der Waals surface area contributed by atoms with E-state index >= 15 is 0 Å². The predicted octanol–water partition coefficient (Wildman–Crippen LogP) is 3.93. The van der Waals surface area contributed by atoms with Crippen LogP contribution in [0.4, 0.5) is 14.5 Å². The fourth-order valence-corrected chi connectivity index (χ4v) is 2.27. The first kappa shape index (κ1) is 15.5. The number of rotatable bonds is 5. The molecule has 21 heavy (non-hydrogen) atoms. The highest BCUT2D eigenvalue weighted by molar-refractivity contribution is 9.10. The number of hydrogen-bond donors (Lipinski definition) is 1. The van der Waals surface area contributed by atoms with Crippen LogP contribution in [0.1, 0.15) is 11.1 Å². The molecule has 110 valence electrons. The van der Waals surface area contributed by atoms with E-state index in [1.165, 1.54) is 18.2 Å². The van der Waals surface area contributed by atoms with Gasteiger partial charge in [-0.25, -0.2) is 8.78 Å². The van der Waals surface area contributed by atoms with Gasteiger partial charge in [-0.15, -0.1) is 0 Å². The van der Waals surface area contributed by atoms with Gasteiger partial charge in [-0.1, -0.05) is 15.9 Å². The van der Waals surface area contributed by atoms with Crippen molar-refractivity contribution < 1.29 is 13.7 Å². The fourth-order valence-electron chi connectivity index (χ4n) is 1.86. The summed E-state index contributed by atoms with van der Waals surface area (Å²) in [4.78, 5) is 9.99. The highest BCUT2D eigenvalue weighted by Gasteiger charge is 2.10. The lowest BCUT2D eigenvalue weighted by Crippen LogP contribution is -2.14. The van der Waals surface area contributed by atoms with Gasteiger partial charge in [0, 0.05) is 29.2 Å². The van der Waals surface area contributed by atoms with E-state index in [9.17, 15) is 18.9 Å². The number of nitro benzene ring substituents is 1. The van der Waals surface area contributed by atoms with Crippen molar-refractivity contribution >= 4 is 21.6 Å². The molecule has 0 aliphatic carbocycles. The van der Waals surface area contributed by atoms with Gasteiger partial charge in [0.05, 0.1) is 11.0 Å². The Morgan fingerprint density at radius 3 is 2.62 bits per heavy atom. The maximum Gasteiger partial charge on any atom is 0.272 e. The average Bonchev–Trinajstić information content (AvgIpc) is 2.42. The highest BCUT2D eigenvalue weighted by atomic mass is 79.9. The van der Waals surface area contributed by atoms with Crippen LogP contribution >= 0.6 is 15.9 Å². The molecule has 0 heterocycles. The summed E-state index contributed by atoms with van der Waals surface area (Å²) >= 11 is 3.25. The molecule has 0 spiro atoms. The standard InChI is InChI=1S/C14H11BrF2N2O2/c15-11-1-2-14(17)10(5-11)8-18-7-9-3-12(16)6-13(4-9)19(20)21/h1-6,18H,7-8H2. The van der Waals surface area contributed by atoms with Crippen molar-refractivity contribution in [3.63, 3.8) is 0 Å². The monoisotopic (exact) mass is 356 g/mol. The van der Waals surface area contributed by atoms with Crippen LogP contribution in [0.3, 0.4) is 0 Å². The van der Waals surface area contributed by atoms with Crippen LogP contribution in [-0.4, -0.2) is 4.92 Å². The lowest BCUT2D eigenvalue weighted by Gasteiger charge is -2.07. The van der Waals surface area contributed by atoms with Crippen molar-refractivity contribution in [1.29, 1.82) is 0 Å². The molecule has 0 radical (unpaired) electrons. The number of halogens is 3. The van der Waals surface area contributed by atoms with Gasteiger partial charge in [0.15, 0.2) is 0 Å². The summed E-state index contributed by atoms with van der Waals surface area (Å²) in [5, 5.41) is 13.6. The van der Waals surface area contributed by atoms with Crippen LogP contribution in [0.5, 0.6) is 0 Å². The molecule has 2 rings (SSSR count). The van der Waals surface area contributed by atoms with E-state index < -0.39 is 10.7 Å². The van der Waals surface area contributed by atoms with Gasteiger partial charge < -0.3 is 5.32 Å². The van der Waals surface area contributed by atoms with E-state index in [2.05, 4.69) is 21.2 Å². The highest BCUT2D eigenvalue weighted by Crippen LogP contribution is 2.17. The third-order valence-electron chi connectivity index (χ3n) is 2.81. The first-order valence-electron chi connectivity index (χ1n) is 6.04. The quantitative estimate of drug-likeness (QED) is 0.652. The molecule has 0 fully saturated rings. The zero-order valence-corrected chi connectivity index (χ0v) is 12.4. The number of nitrogens with one attached hydrogen (secondary N) is 1. The summed E-state index contributed by atoms with van der Waals surface area (Å²) in [7, 11) is 0. The lowest BCUT2D eigenvalue weighted by molar-refractivity contribution is -0.385. The molecule has 0 amide bonds. The molecule has 0 aliphatic rings. The van der Waals surface area contributed by atoms with Crippen molar-refractivity contribution in [3.8, 4) is 0 Å². The molecule has 4 nitrogen and oxygen atoms in total. The van der Waals surface area contributed by atoms with Crippen LogP contribution in [0.25, 0.3) is 0 Å². The maximum atomic E-state index is 13.5. The lowest BCUT2D eigenvalue weighted by atomic mass is 10.1. The van der Waals surface area contributed by atoms with Gasteiger partial charge in [-0.05, 0) is 29.8 Å². The van der Waals surface area contributed by atoms with Crippen LogP contribution in [-0.2, 0) is 13.1 Å². The number of nitrogens with zero attached hydrogens (tertiary/aromatic N) is 1. The smallest absolute Gasteiger partial charge is 0.272 e. The second kappa shape index (κ2) is 6.73. The van der Waals surface area contributed by atoms with Crippen LogP contribution in [0.2, 0.25) is 0 Å². The van der Waals surface area contributed by atoms with E-state index in [4.69, 9.17) is 0 Å². The van der Waals surface area contributed by atoms with Gasteiger partial charge in [0.2, 0.25) is 0 Å². The number of hydrogen-bond acceptors (Lipinski definition) is 3. The van der Waals surface area contributed by atoms with Crippen molar-refractivity contribution in [2.24, 2.45) is 0 Å². The van der Waals surface area contributed by atoms with Gasteiger partial charge in [-0.3, -0.25) is 10.1 Å². The van der Waals surface area contributed by atoms with E-state index in [1.54, 1.807) is 12.1 Å². The Bertz CT molecular complexity index is 680. The normalized spacial score (nSPS) is 10.6. The van der Waals surface area contributed by atoms with E-state index in [-0.39, 0.29) is 24.6 Å². The molecular weight excluding hydrogens is 346 g/mol. The summed E-state index contributed by atoms with van der Waals surface area (Å²) in [6.07, 6.45) is 0. The van der Waals surface area contributed by atoms with E-state index in [0.717, 1.165) is 10.5 Å². The van der Waals surface area contributed by atoms with Gasteiger partial charge in [0.1, 0.15) is 11.6 Å². The summed E-state index contributed by atoms with van der Waals surface area (Å²) < 4.78 is 27.5. The van der Waals surface area contributed by atoms with Crippen LogP contribution in [0.15, 0.2) is 40.9 Å². The number of non-ortho nitro benzene ring substituents is 1. The Balaban J connectivity index is 2.03. The predicted molar refractivity (Wildman–Crippen MR) is 77.7 cm³/mol. The topological polar surface area (TPSA) is 55.2 Å². The average molecular weight is 357 g/mol. The molecule has 2 aromatic rings. The molecule has 0 bridgehead atoms. The summed E-state index contributed by atoms with van der Waals surface area (Å²) in [5.74, 6) is -1.02. The zero-order chi connectivity index (χ0) is 15.4. The third-order valence-corrected chi connectivity index (χ3v) is 3.30. The zero-order valence-electron chi connectivity index (χ0n) is 10.8. The molecule has 0 saturated carbocycles. The van der Waals surface area contributed by atoms with Crippen molar-refractivity contribution in [3.05, 3.63) is 73.7 Å². The minimum Gasteiger partial charge on any atom is -0.309 e. The molecule has 2 aromatic carbocycles. The molecule has 0 aliphatic heterocycles. The van der Waals surface area contributed by atoms with E-state index in [1.807, 2.05) is 0 Å². The van der Waals surface area contributed by atoms with E-state index in [0.29, 0.717) is 11.1 Å². The molecule has 0 aromatic heterocycles. The molecule has 7 heteroatoms. The van der Waals surface area contributed by atoms with Gasteiger partial charge >= 0.3 is 0 Å². The minimum absolute atomic E-state index is 0.199. The largest absolute Gasteiger partial charge is 0.309 e. The first-order valence-corrected chi connectivity index (χ1v) is 6.83. The molecule has 1 N–H and O–H groups in total.